The van der Waals surface area contributed by atoms with E-state index in [0.29, 0.717) is 24.0 Å². The molecule has 6 heteroatoms. The molecule has 1 aliphatic heterocycles. The molecule has 1 aromatic carbocycles. The molecule has 1 aliphatic rings. The fourth-order valence-corrected chi connectivity index (χ4v) is 3.40. The fourth-order valence-electron chi connectivity index (χ4n) is 3.40. The molecule has 134 valence electrons. The van der Waals surface area contributed by atoms with Gasteiger partial charge >= 0.3 is 0 Å². The summed E-state index contributed by atoms with van der Waals surface area (Å²) < 4.78 is 5.89. The van der Waals surface area contributed by atoms with E-state index in [1.165, 1.54) is 5.56 Å². The first kappa shape index (κ1) is 16.6. The number of carbonyl (C=O) groups is 1. The highest BCUT2D eigenvalue weighted by molar-refractivity contribution is 5.93. The number of amides is 1. The summed E-state index contributed by atoms with van der Waals surface area (Å²) in [6.07, 6.45) is 5.30. The average Bonchev–Trinajstić information content (AvgIpc) is 3.28. The maximum atomic E-state index is 12.1. The van der Waals surface area contributed by atoms with Crippen LogP contribution in [0.5, 0.6) is 0 Å². The maximum Gasteiger partial charge on any atom is 0.298 e. The number of hydrogen-bond acceptors (Lipinski definition) is 5. The van der Waals surface area contributed by atoms with Crippen LogP contribution >= 0.6 is 0 Å². The molecule has 1 saturated heterocycles. The average molecular weight is 350 g/mol. The Morgan fingerprint density at radius 1 is 1.31 bits per heavy atom. The van der Waals surface area contributed by atoms with Crippen LogP contribution < -0.4 is 10.2 Å². The molecule has 1 fully saturated rings. The molecule has 1 N–H and O–H groups in total. The number of rotatable bonds is 5. The van der Waals surface area contributed by atoms with E-state index < -0.39 is 0 Å². The monoisotopic (exact) mass is 350 g/mol. The summed E-state index contributed by atoms with van der Waals surface area (Å²) in [6, 6.07) is 10.2. The molecule has 0 bridgehead atoms. The molecule has 0 saturated carbocycles. The van der Waals surface area contributed by atoms with Crippen molar-refractivity contribution in [2.75, 3.05) is 24.5 Å². The Morgan fingerprint density at radius 2 is 2.15 bits per heavy atom. The van der Waals surface area contributed by atoms with Crippen LogP contribution in [-0.2, 0) is 0 Å². The van der Waals surface area contributed by atoms with E-state index in [9.17, 15) is 4.79 Å². The first-order valence-electron chi connectivity index (χ1n) is 8.99. The number of aromatic nitrogens is 2. The summed E-state index contributed by atoms with van der Waals surface area (Å²) in [7, 11) is 0. The van der Waals surface area contributed by atoms with E-state index in [4.69, 9.17) is 4.42 Å². The van der Waals surface area contributed by atoms with Crippen LogP contribution in [0.15, 0.2) is 47.1 Å². The zero-order valence-corrected chi connectivity index (χ0v) is 14.8. The van der Waals surface area contributed by atoms with E-state index >= 15 is 0 Å². The zero-order valence-electron chi connectivity index (χ0n) is 14.8. The molecule has 0 aliphatic carbocycles. The van der Waals surface area contributed by atoms with E-state index in [0.717, 1.165) is 37.0 Å². The quantitative estimate of drug-likeness (QED) is 0.765. The molecule has 1 amide bonds. The summed E-state index contributed by atoms with van der Waals surface area (Å²) in [4.78, 5) is 22.8. The molecule has 0 spiro atoms. The van der Waals surface area contributed by atoms with Crippen LogP contribution in [0.1, 0.15) is 28.8 Å². The highest BCUT2D eigenvalue weighted by Crippen LogP contribution is 2.28. The highest BCUT2D eigenvalue weighted by Gasteiger charge is 2.25. The first-order valence-corrected chi connectivity index (χ1v) is 8.99. The third kappa shape index (κ3) is 3.54. The van der Waals surface area contributed by atoms with Gasteiger partial charge in [0.05, 0.1) is 0 Å². The number of carbonyl (C=O) groups excluding carboxylic acids is 1. The number of nitrogens with zero attached hydrogens (tertiary/aromatic N) is 3. The van der Waals surface area contributed by atoms with Crippen molar-refractivity contribution in [1.29, 1.82) is 0 Å². The molecule has 1 atom stereocenters. The Labute approximate surface area is 152 Å². The van der Waals surface area contributed by atoms with Crippen LogP contribution in [0.3, 0.4) is 0 Å². The molecule has 3 heterocycles. The Morgan fingerprint density at radius 3 is 3.00 bits per heavy atom. The molecular formula is C20H22N4O2. The number of pyridine rings is 1. The van der Waals surface area contributed by atoms with E-state index in [1.54, 1.807) is 24.5 Å². The number of hydrogen-bond donors (Lipinski definition) is 1. The minimum absolute atomic E-state index is 0.0448. The van der Waals surface area contributed by atoms with Crippen LogP contribution in [0.2, 0.25) is 0 Å². The topological polar surface area (TPSA) is 71.3 Å². The van der Waals surface area contributed by atoms with Gasteiger partial charge in [0.1, 0.15) is 5.52 Å². The predicted octanol–water partition coefficient (Wildman–Crippen LogP) is 3.18. The summed E-state index contributed by atoms with van der Waals surface area (Å²) in [5, 5.41) is 2.98. The number of anilines is 1. The van der Waals surface area contributed by atoms with Crippen LogP contribution in [0.4, 0.5) is 6.01 Å². The van der Waals surface area contributed by atoms with Crippen molar-refractivity contribution in [1.82, 2.24) is 15.3 Å². The van der Waals surface area contributed by atoms with Crippen molar-refractivity contribution in [2.45, 2.75) is 19.8 Å². The Balaban J connectivity index is 1.30. The molecule has 3 aromatic rings. The van der Waals surface area contributed by atoms with Crippen molar-refractivity contribution in [2.24, 2.45) is 5.92 Å². The van der Waals surface area contributed by atoms with Crippen molar-refractivity contribution in [3.63, 3.8) is 0 Å². The van der Waals surface area contributed by atoms with Crippen LogP contribution in [-0.4, -0.2) is 35.5 Å². The smallest absolute Gasteiger partial charge is 0.298 e. The summed E-state index contributed by atoms with van der Waals surface area (Å²) in [6.45, 7) is 4.58. The van der Waals surface area contributed by atoms with Gasteiger partial charge < -0.3 is 14.6 Å². The molecule has 4 rings (SSSR count). The highest BCUT2D eigenvalue weighted by atomic mass is 16.4. The Bertz CT molecular complexity index is 907. The van der Waals surface area contributed by atoms with Gasteiger partial charge in [-0.25, -0.2) is 0 Å². The molecule has 2 aromatic heterocycles. The van der Waals surface area contributed by atoms with Crippen molar-refractivity contribution < 1.29 is 9.21 Å². The summed E-state index contributed by atoms with van der Waals surface area (Å²) in [5.74, 6) is 0.487. The third-order valence-corrected chi connectivity index (χ3v) is 4.87. The lowest BCUT2D eigenvalue weighted by Gasteiger charge is -2.14. The van der Waals surface area contributed by atoms with Gasteiger partial charge in [-0.15, -0.1) is 0 Å². The number of aryl methyl sites for hydroxylation is 1. The molecule has 6 nitrogen and oxygen atoms in total. The molecule has 0 radical (unpaired) electrons. The van der Waals surface area contributed by atoms with E-state index in [-0.39, 0.29) is 5.91 Å². The summed E-state index contributed by atoms with van der Waals surface area (Å²) in [5.41, 5.74) is 3.57. The molecular weight excluding hydrogens is 328 g/mol. The number of fused-ring (bicyclic) bond motifs is 1. The van der Waals surface area contributed by atoms with Gasteiger partial charge in [0.2, 0.25) is 0 Å². The van der Waals surface area contributed by atoms with Gasteiger partial charge in [-0.2, -0.15) is 4.98 Å². The van der Waals surface area contributed by atoms with Gasteiger partial charge in [0.25, 0.3) is 11.9 Å². The minimum Gasteiger partial charge on any atom is -0.423 e. The standard InChI is InChI=1S/C20H22N4O2/c1-14-2-3-18-17(12-14)23-20(26-18)24-11-7-15(13-24)4-10-22-19(25)16-5-8-21-9-6-16/h2-3,5-6,8-9,12,15H,4,7,10-11,13H2,1H3,(H,22,25). The lowest BCUT2D eigenvalue weighted by atomic mass is 10.1. The SMILES string of the molecule is Cc1ccc2oc(N3CCC(CCNC(=O)c4ccncc4)C3)nc2c1. The number of nitrogens with one attached hydrogen (secondary N) is 1. The number of benzene rings is 1. The lowest BCUT2D eigenvalue weighted by Crippen LogP contribution is -2.27. The lowest BCUT2D eigenvalue weighted by molar-refractivity contribution is 0.0951. The molecule has 1 unspecified atom stereocenters. The van der Waals surface area contributed by atoms with Crippen molar-refractivity contribution in [3.8, 4) is 0 Å². The van der Waals surface area contributed by atoms with Gasteiger partial charge in [0.15, 0.2) is 5.58 Å². The van der Waals surface area contributed by atoms with Gasteiger partial charge in [-0.3, -0.25) is 9.78 Å². The number of oxazole rings is 1. The van der Waals surface area contributed by atoms with Crippen LogP contribution in [0.25, 0.3) is 11.1 Å². The Kier molecular flexibility index (Phi) is 4.56. The second-order valence-electron chi connectivity index (χ2n) is 6.85. The largest absolute Gasteiger partial charge is 0.423 e. The fraction of sp³-hybridized carbons (Fsp3) is 0.350. The second-order valence-corrected chi connectivity index (χ2v) is 6.85. The summed E-state index contributed by atoms with van der Waals surface area (Å²) >= 11 is 0. The van der Waals surface area contributed by atoms with Gasteiger partial charge in [-0.05, 0) is 55.5 Å². The van der Waals surface area contributed by atoms with Crippen molar-refractivity contribution >= 4 is 23.0 Å². The predicted molar refractivity (Wildman–Crippen MR) is 100 cm³/mol. The minimum atomic E-state index is -0.0448. The van der Waals surface area contributed by atoms with E-state index in [1.807, 2.05) is 18.2 Å². The third-order valence-electron chi connectivity index (χ3n) is 4.87. The molecule has 26 heavy (non-hydrogen) atoms. The first-order chi connectivity index (χ1) is 12.7. The normalized spacial score (nSPS) is 17.0. The maximum absolute atomic E-state index is 12.1. The van der Waals surface area contributed by atoms with Gasteiger partial charge in [-0.1, -0.05) is 6.07 Å². The van der Waals surface area contributed by atoms with Gasteiger partial charge in [0, 0.05) is 37.6 Å². The zero-order chi connectivity index (χ0) is 17.9. The second kappa shape index (κ2) is 7.15. The Hall–Kier alpha value is -2.89. The van der Waals surface area contributed by atoms with Crippen LogP contribution in [0, 0.1) is 12.8 Å². The van der Waals surface area contributed by atoms with E-state index in [2.05, 4.69) is 27.1 Å². The van der Waals surface area contributed by atoms with Crippen molar-refractivity contribution in [3.05, 3.63) is 53.9 Å².